The second-order valence-electron chi connectivity index (χ2n) is 15.4. The van der Waals surface area contributed by atoms with Crippen LogP contribution in [0.2, 0.25) is 0 Å². The molecule has 0 saturated heterocycles. The average Bonchev–Trinajstić information content (AvgIpc) is 2.82. The second-order valence-corrected chi connectivity index (χ2v) is 15.4. The minimum absolute atomic E-state index is 0.0676. The van der Waals surface area contributed by atoms with E-state index < -0.39 is 34.6 Å². The molecular weight excluding hydrogens is 468 g/mol. The van der Waals surface area contributed by atoms with Crippen molar-refractivity contribution < 1.29 is 30.0 Å². The fourth-order valence-electron chi connectivity index (χ4n) is 11.1. The Labute approximate surface area is 222 Å². The summed E-state index contributed by atoms with van der Waals surface area (Å²) >= 11 is 0. The summed E-state index contributed by atoms with van der Waals surface area (Å²) in [5.74, 6) is -0.0739. The van der Waals surface area contributed by atoms with E-state index in [-0.39, 0.29) is 46.6 Å². The number of fused-ring (bicyclic) bond motifs is 7. The van der Waals surface area contributed by atoms with Gasteiger partial charge in [-0.2, -0.15) is 0 Å². The number of ether oxygens (including phenoxy) is 1. The summed E-state index contributed by atoms with van der Waals surface area (Å²) < 4.78 is 5.44. The van der Waals surface area contributed by atoms with Crippen LogP contribution in [0.3, 0.4) is 0 Å². The van der Waals surface area contributed by atoms with Crippen molar-refractivity contribution in [2.24, 2.45) is 50.2 Å². The van der Waals surface area contributed by atoms with Gasteiger partial charge >= 0.3 is 5.97 Å². The fourth-order valence-corrected chi connectivity index (χ4v) is 11.1. The largest absolute Gasteiger partial charge is 0.469 e. The number of hydrogen-bond donors (Lipinski definition) is 4. The molecule has 210 valence electrons. The first kappa shape index (κ1) is 27.6. The molecule has 5 aliphatic rings. The molecule has 0 aromatic rings. The van der Waals surface area contributed by atoms with Gasteiger partial charge in [-0.1, -0.05) is 53.2 Å². The number of aliphatic hydroxyl groups is 4. The fraction of sp³-hybridized carbons (Fsp3) is 0.903. The standard InChI is InChI=1S/C31H50O6/c1-26(2)10-12-31(25(36)37-7)13-11-29(5)18(19(31)14-26)8-9-22-27(3)15-21(34)24(35)28(4,17-32)23(27)20(33)16-30(22,29)6/h8,19-24,32-35H,9-17H2,1-7H3/t19-,20+,21+,22+,23+,24-,27+,28-,29+,30+,31-/m0/s1. The molecule has 37 heavy (non-hydrogen) atoms. The minimum atomic E-state index is -1.07. The Balaban J connectivity index is 1.64. The molecule has 5 rings (SSSR count). The smallest absolute Gasteiger partial charge is 0.312 e. The van der Waals surface area contributed by atoms with Gasteiger partial charge in [0.15, 0.2) is 0 Å². The van der Waals surface area contributed by atoms with Gasteiger partial charge in [-0.3, -0.25) is 4.79 Å². The van der Waals surface area contributed by atoms with Gasteiger partial charge in [-0.25, -0.2) is 0 Å². The maximum atomic E-state index is 13.4. The van der Waals surface area contributed by atoms with Gasteiger partial charge < -0.3 is 25.2 Å². The molecule has 0 aromatic carbocycles. The van der Waals surface area contributed by atoms with Crippen LogP contribution in [-0.2, 0) is 9.53 Å². The van der Waals surface area contributed by atoms with E-state index >= 15 is 0 Å². The van der Waals surface area contributed by atoms with Crippen molar-refractivity contribution in [3.8, 4) is 0 Å². The monoisotopic (exact) mass is 518 g/mol. The Kier molecular flexibility index (Phi) is 6.18. The van der Waals surface area contributed by atoms with Crippen molar-refractivity contribution in [1.29, 1.82) is 0 Å². The van der Waals surface area contributed by atoms with E-state index in [2.05, 4.69) is 40.7 Å². The van der Waals surface area contributed by atoms with Gasteiger partial charge in [0.2, 0.25) is 0 Å². The van der Waals surface area contributed by atoms with Gasteiger partial charge in [-0.15, -0.1) is 0 Å². The number of carbonyl (C=O) groups excluding carboxylic acids is 1. The van der Waals surface area contributed by atoms with Gasteiger partial charge in [-0.05, 0) is 84.9 Å². The second kappa shape index (κ2) is 8.28. The van der Waals surface area contributed by atoms with Crippen molar-refractivity contribution in [1.82, 2.24) is 0 Å². The maximum Gasteiger partial charge on any atom is 0.312 e. The predicted octanol–water partition coefficient (Wildman–Crippen LogP) is 4.24. The Bertz CT molecular complexity index is 990. The molecule has 0 unspecified atom stereocenters. The molecule has 6 nitrogen and oxygen atoms in total. The molecule has 11 atom stereocenters. The molecule has 4 N–H and O–H groups in total. The third-order valence-electron chi connectivity index (χ3n) is 13.2. The summed E-state index contributed by atoms with van der Waals surface area (Å²) in [4.78, 5) is 13.4. The topological polar surface area (TPSA) is 107 Å². The molecule has 0 aliphatic heterocycles. The van der Waals surface area contributed by atoms with Crippen LogP contribution in [0.5, 0.6) is 0 Å². The zero-order valence-corrected chi connectivity index (χ0v) is 24.0. The van der Waals surface area contributed by atoms with Crippen molar-refractivity contribution in [2.45, 2.75) is 111 Å². The quantitative estimate of drug-likeness (QED) is 0.322. The lowest BCUT2D eigenvalue weighted by Gasteiger charge is -2.72. The van der Waals surface area contributed by atoms with Crippen LogP contribution in [0.4, 0.5) is 0 Å². The van der Waals surface area contributed by atoms with Crippen molar-refractivity contribution in [3.63, 3.8) is 0 Å². The van der Waals surface area contributed by atoms with E-state index in [0.29, 0.717) is 12.8 Å². The number of rotatable bonds is 2. The van der Waals surface area contributed by atoms with Crippen LogP contribution in [-0.4, -0.2) is 58.4 Å². The number of methoxy groups -OCH3 is 1. The first-order valence-corrected chi connectivity index (χ1v) is 14.5. The van der Waals surface area contributed by atoms with Crippen LogP contribution >= 0.6 is 0 Å². The summed E-state index contributed by atoms with van der Waals surface area (Å²) in [5.41, 5.74) is -0.810. The van der Waals surface area contributed by atoms with Gasteiger partial charge in [0.05, 0.1) is 37.4 Å². The van der Waals surface area contributed by atoms with Crippen molar-refractivity contribution >= 4 is 5.97 Å². The van der Waals surface area contributed by atoms with Crippen LogP contribution in [0.1, 0.15) is 92.9 Å². The van der Waals surface area contributed by atoms with Crippen molar-refractivity contribution in [3.05, 3.63) is 11.6 Å². The summed E-state index contributed by atoms with van der Waals surface area (Å²) in [6, 6.07) is 0. The lowest BCUT2D eigenvalue weighted by atomic mass is 9.33. The third kappa shape index (κ3) is 3.34. The molecular formula is C31H50O6. The molecule has 0 radical (unpaired) electrons. The minimum Gasteiger partial charge on any atom is -0.469 e. The predicted molar refractivity (Wildman–Crippen MR) is 141 cm³/mol. The lowest BCUT2D eigenvalue weighted by molar-refractivity contribution is -0.273. The highest BCUT2D eigenvalue weighted by Gasteiger charge is 2.72. The van der Waals surface area contributed by atoms with E-state index in [9.17, 15) is 25.2 Å². The third-order valence-corrected chi connectivity index (χ3v) is 13.2. The molecule has 0 spiro atoms. The number of esters is 1. The molecule has 6 heteroatoms. The Hall–Kier alpha value is -0.950. The first-order chi connectivity index (χ1) is 17.1. The number of allylic oxidation sites excluding steroid dienone is 2. The van der Waals surface area contributed by atoms with E-state index in [1.54, 1.807) is 0 Å². The lowest BCUT2D eigenvalue weighted by Crippen LogP contribution is -2.71. The SMILES string of the molecule is COC(=O)[C@]12CCC(C)(C)C[C@H]1C1=CC[C@@H]3[C@@]4(C)C[C@@H](O)[C@H](O)[C@@](C)(CO)[C@@H]4[C@H](O)C[C@@]3(C)[C@]1(C)CC2. The molecule has 5 aliphatic carbocycles. The molecule has 0 amide bonds. The summed E-state index contributed by atoms with van der Waals surface area (Å²) in [7, 11) is 1.52. The van der Waals surface area contributed by atoms with Crippen LogP contribution < -0.4 is 0 Å². The van der Waals surface area contributed by atoms with Gasteiger partial charge in [0.1, 0.15) is 0 Å². The zero-order valence-electron chi connectivity index (χ0n) is 24.0. The van der Waals surface area contributed by atoms with Gasteiger partial charge in [0.25, 0.3) is 0 Å². The molecule has 4 fully saturated rings. The van der Waals surface area contributed by atoms with E-state index in [1.807, 2.05) is 6.92 Å². The van der Waals surface area contributed by atoms with E-state index in [1.165, 1.54) is 12.7 Å². The Morgan fingerprint density at radius 1 is 0.946 bits per heavy atom. The zero-order chi connectivity index (χ0) is 27.4. The van der Waals surface area contributed by atoms with Crippen LogP contribution in [0.15, 0.2) is 11.6 Å². The highest BCUT2D eigenvalue weighted by atomic mass is 16.5. The Morgan fingerprint density at radius 3 is 2.22 bits per heavy atom. The van der Waals surface area contributed by atoms with Gasteiger partial charge in [0, 0.05) is 11.3 Å². The van der Waals surface area contributed by atoms with E-state index in [4.69, 9.17) is 4.74 Å². The molecule has 0 aromatic heterocycles. The number of carbonyl (C=O) groups is 1. The number of aliphatic hydroxyl groups excluding tert-OH is 4. The highest BCUT2D eigenvalue weighted by molar-refractivity contribution is 5.78. The average molecular weight is 519 g/mol. The first-order valence-electron chi connectivity index (χ1n) is 14.5. The highest BCUT2D eigenvalue weighted by Crippen LogP contribution is 2.75. The Morgan fingerprint density at radius 2 is 1.59 bits per heavy atom. The number of hydrogen-bond acceptors (Lipinski definition) is 6. The normalized spacial score (nSPS) is 54.6. The summed E-state index contributed by atoms with van der Waals surface area (Å²) in [6.45, 7) is 13.1. The van der Waals surface area contributed by atoms with Crippen molar-refractivity contribution in [2.75, 3.05) is 13.7 Å². The maximum absolute atomic E-state index is 13.4. The summed E-state index contributed by atoms with van der Waals surface area (Å²) in [6.07, 6.45) is 6.02. The van der Waals surface area contributed by atoms with Crippen LogP contribution in [0, 0.1) is 50.2 Å². The molecule has 4 saturated carbocycles. The molecule has 0 bridgehead atoms. The van der Waals surface area contributed by atoms with Crippen LogP contribution in [0.25, 0.3) is 0 Å². The molecule has 0 heterocycles. The summed E-state index contributed by atoms with van der Waals surface area (Å²) in [5, 5.41) is 44.3. The van der Waals surface area contributed by atoms with E-state index in [0.717, 1.165) is 38.5 Å².